The zero-order valence-electron chi connectivity index (χ0n) is 13.5. The van der Waals surface area contributed by atoms with Crippen LogP contribution in [0.3, 0.4) is 0 Å². The number of nitrogens with two attached hydrogens (primary N) is 1. The Balaban J connectivity index is 1.94. The summed E-state index contributed by atoms with van der Waals surface area (Å²) in [5.41, 5.74) is 7.53. The average molecular weight is 354 g/mol. The Kier molecular flexibility index (Phi) is 5.50. The second kappa shape index (κ2) is 6.80. The molecule has 0 heterocycles. The smallest absolute Gasteiger partial charge is 0.0808 e. The number of benzene rings is 1. The third-order valence-electron chi connectivity index (χ3n) is 4.93. The quantitative estimate of drug-likeness (QED) is 0.835. The number of halogens is 1. The summed E-state index contributed by atoms with van der Waals surface area (Å²) in [4.78, 5) is 0. The maximum Gasteiger partial charge on any atom is 0.0808 e. The van der Waals surface area contributed by atoms with Crippen LogP contribution in [0.15, 0.2) is 28.7 Å². The lowest BCUT2D eigenvalue weighted by molar-refractivity contribution is -0.0888. The molecule has 21 heavy (non-hydrogen) atoms. The molecule has 0 aromatic heterocycles. The molecule has 0 unspecified atom stereocenters. The monoisotopic (exact) mass is 353 g/mol. The molecule has 0 atom stereocenters. The lowest BCUT2D eigenvalue weighted by Crippen LogP contribution is -2.45. The molecule has 2 nitrogen and oxygen atoms in total. The van der Waals surface area contributed by atoms with Gasteiger partial charge >= 0.3 is 0 Å². The molecule has 3 heteroatoms. The Morgan fingerprint density at radius 1 is 1.29 bits per heavy atom. The summed E-state index contributed by atoms with van der Waals surface area (Å²) in [6, 6.07) is 8.31. The molecule has 2 N–H and O–H groups in total. The maximum atomic E-state index is 6.28. The highest BCUT2D eigenvalue weighted by Gasteiger charge is 2.38. The van der Waals surface area contributed by atoms with E-state index in [2.05, 4.69) is 54.9 Å². The molecule has 0 aliphatic heterocycles. The lowest BCUT2D eigenvalue weighted by atomic mass is 9.68. The zero-order chi connectivity index (χ0) is 15.5. The summed E-state index contributed by atoms with van der Waals surface area (Å²) < 4.78 is 7.37. The van der Waals surface area contributed by atoms with Gasteiger partial charge in [0.15, 0.2) is 0 Å². The van der Waals surface area contributed by atoms with Crippen molar-refractivity contribution in [3.8, 4) is 0 Å². The van der Waals surface area contributed by atoms with Gasteiger partial charge < -0.3 is 10.5 Å². The number of hydrogen-bond donors (Lipinski definition) is 1. The van der Waals surface area contributed by atoms with Crippen LogP contribution in [0.25, 0.3) is 0 Å². The standard InChI is InChI=1S/C18H28BrNO/c1-17(2,3)15-7-9-18(13-20,10-8-15)21-12-14-5-4-6-16(19)11-14/h4-6,11,15H,7-10,12-13,20H2,1-3H3. The maximum absolute atomic E-state index is 6.28. The van der Waals surface area contributed by atoms with Crippen LogP contribution in [0.1, 0.15) is 52.0 Å². The molecule has 0 spiro atoms. The molecule has 1 aliphatic rings. The summed E-state index contributed by atoms with van der Waals surface area (Å²) in [7, 11) is 0. The van der Waals surface area contributed by atoms with E-state index in [1.807, 2.05) is 6.07 Å². The summed E-state index contributed by atoms with van der Waals surface area (Å²) in [5.74, 6) is 0.784. The van der Waals surface area contributed by atoms with Gasteiger partial charge in [-0.25, -0.2) is 0 Å². The minimum absolute atomic E-state index is 0.121. The van der Waals surface area contributed by atoms with Crippen molar-refractivity contribution in [2.75, 3.05) is 6.54 Å². The van der Waals surface area contributed by atoms with E-state index in [0.29, 0.717) is 18.6 Å². The molecule has 1 aliphatic carbocycles. The molecule has 1 aromatic rings. The van der Waals surface area contributed by atoms with Crippen LogP contribution in [0.4, 0.5) is 0 Å². The highest BCUT2D eigenvalue weighted by molar-refractivity contribution is 9.10. The first-order chi connectivity index (χ1) is 9.85. The van der Waals surface area contributed by atoms with Crippen molar-refractivity contribution in [3.05, 3.63) is 34.3 Å². The first kappa shape index (κ1) is 17.0. The van der Waals surface area contributed by atoms with E-state index in [9.17, 15) is 0 Å². The molecule has 0 radical (unpaired) electrons. The van der Waals surface area contributed by atoms with Gasteiger partial charge in [0.25, 0.3) is 0 Å². The van der Waals surface area contributed by atoms with E-state index >= 15 is 0 Å². The van der Waals surface area contributed by atoms with Gasteiger partial charge in [-0.3, -0.25) is 0 Å². The first-order valence-electron chi connectivity index (χ1n) is 7.93. The van der Waals surface area contributed by atoms with Crippen LogP contribution in [0.2, 0.25) is 0 Å². The van der Waals surface area contributed by atoms with Crippen LogP contribution in [-0.4, -0.2) is 12.1 Å². The van der Waals surface area contributed by atoms with Crippen molar-refractivity contribution < 1.29 is 4.74 Å². The van der Waals surface area contributed by atoms with Gasteiger partial charge in [0.05, 0.1) is 12.2 Å². The van der Waals surface area contributed by atoms with Crippen LogP contribution in [-0.2, 0) is 11.3 Å². The SMILES string of the molecule is CC(C)(C)C1CCC(CN)(OCc2cccc(Br)c2)CC1. The predicted molar refractivity (Wildman–Crippen MR) is 92.1 cm³/mol. The third kappa shape index (κ3) is 4.54. The Morgan fingerprint density at radius 3 is 2.48 bits per heavy atom. The minimum Gasteiger partial charge on any atom is -0.369 e. The molecule has 0 amide bonds. The normalized spacial score (nSPS) is 26.8. The molecule has 2 rings (SSSR count). The van der Waals surface area contributed by atoms with Crippen LogP contribution in [0, 0.1) is 11.3 Å². The van der Waals surface area contributed by atoms with Gasteiger partial charge in [0.1, 0.15) is 0 Å². The third-order valence-corrected chi connectivity index (χ3v) is 5.42. The van der Waals surface area contributed by atoms with Crippen molar-refractivity contribution >= 4 is 15.9 Å². The topological polar surface area (TPSA) is 35.2 Å². The average Bonchev–Trinajstić information content (AvgIpc) is 2.45. The van der Waals surface area contributed by atoms with Gasteiger partial charge in [-0.15, -0.1) is 0 Å². The molecule has 0 bridgehead atoms. The molecular weight excluding hydrogens is 326 g/mol. The van der Waals surface area contributed by atoms with Gasteiger partial charge in [-0.2, -0.15) is 0 Å². The Labute approximate surface area is 137 Å². The van der Waals surface area contributed by atoms with E-state index in [-0.39, 0.29) is 5.60 Å². The van der Waals surface area contributed by atoms with E-state index in [4.69, 9.17) is 10.5 Å². The lowest BCUT2D eigenvalue weighted by Gasteiger charge is -2.43. The Bertz CT molecular complexity index is 459. The summed E-state index contributed by atoms with van der Waals surface area (Å²) in [6.45, 7) is 8.30. The summed E-state index contributed by atoms with van der Waals surface area (Å²) >= 11 is 3.51. The van der Waals surface area contributed by atoms with E-state index in [0.717, 1.165) is 23.2 Å². The van der Waals surface area contributed by atoms with Gasteiger partial charge in [-0.1, -0.05) is 48.8 Å². The Hall–Kier alpha value is -0.380. The zero-order valence-corrected chi connectivity index (χ0v) is 15.1. The second-order valence-electron chi connectivity index (χ2n) is 7.45. The first-order valence-corrected chi connectivity index (χ1v) is 8.72. The van der Waals surface area contributed by atoms with Crippen molar-refractivity contribution in [2.24, 2.45) is 17.1 Å². The van der Waals surface area contributed by atoms with Gasteiger partial charge in [0.2, 0.25) is 0 Å². The Morgan fingerprint density at radius 2 is 1.95 bits per heavy atom. The highest BCUT2D eigenvalue weighted by atomic mass is 79.9. The molecular formula is C18H28BrNO. The highest BCUT2D eigenvalue weighted by Crippen LogP contribution is 2.42. The molecule has 118 valence electrons. The van der Waals surface area contributed by atoms with Crippen LogP contribution >= 0.6 is 15.9 Å². The van der Waals surface area contributed by atoms with Gasteiger partial charge in [-0.05, 0) is 54.7 Å². The van der Waals surface area contributed by atoms with Gasteiger partial charge in [0, 0.05) is 11.0 Å². The van der Waals surface area contributed by atoms with Crippen molar-refractivity contribution in [2.45, 2.75) is 58.7 Å². The van der Waals surface area contributed by atoms with E-state index in [1.54, 1.807) is 0 Å². The largest absolute Gasteiger partial charge is 0.369 e. The molecule has 1 fully saturated rings. The van der Waals surface area contributed by atoms with E-state index < -0.39 is 0 Å². The fourth-order valence-electron chi connectivity index (χ4n) is 3.28. The summed E-state index contributed by atoms with van der Waals surface area (Å²) in [5, 5.41) is 0. The second-order valence-corrected chi connectivity index (χ2v) is 8.36. The molecule has 1 aromatic carbocycles. The van der Waals surface area contributed by atoms with E-state index in [1.165, 1.54) is 18.4 Å². The summed E-state index contributed by atoms with van der Waals surface area (Å²) in [6.07, 6.45) is 4.61. The van der Waals surface area contributed by atoms with Crippen LogP contribution < -0.4 is 5.73 Å². The molecule has 0 saturated heterocycles. The fraction of sp³-hybridized carbons (Fsp3) is 0.667. The number of ether oxygens (including phenoxy) is 1. The fourth-order valence-corrected chi connectivity index (χ4v) is 3.73. The molecule has 1 saturated carbocycles. The number of rotatable bonds is 4. The number of hydrogen-bond acceptors (Lipinski definition) is 2. The van der Waals surface area contributed by atoms with Crippen molar-refractivity contribution in [1.82, 2.24) is 0 Å². The van der Waals surface area contributed by atoms with Crippen LogP contribution in [0.5, 0.6) is 0 Å². The van der Waals surface area contributed by atoms with Crippen molar-refractivity contribution in [1.29, 1.82) is 0 Å². The minimum atomic E-state index is -0.121. The predicted octanol–water partition coefficient (Wildman–Crippen LogP) is 4.90. The van der Waals surface area contributed by atoms with Crippen molar-refractivity contribution in [3.63, 3.8) is 0 Å².